The highest BCUT2D eigenvalue weighted by molar-refractivity contribution is 5.96. The number of carbonyl (C=O) groups is 1. The predicted molar refractivity (Wildman–Crippen MR) is 100.0 cm³/mol. The van der Waals surface area contributed by atoms with Crippen LogP contribution in [0.3, 0.4) is 0 Å². The molecule has 0 aliphatic carbocycles. The van der Waals surface area contributed by atoms with Crippen LogP contribution in [0.15, 0.2) is 42.6 Å². The van der Waals surface area contributed by atoms with Crippen LogP contribution >= 0.6 is 0 Å². The van der Waals surface area contributed by atoms with Crippen molar-refractivity contribution < 1.29 is 9.72 Å². The normalized spacial score (nSPS) is 12.3. The van der Waals surface area contributed by atoms with Crippen LogP contribution in [-0.4, -0.2) is 27.9 Å². The Bertz CT molecular complexity index is 793. The van der Waals surface area contributed by atoms with Crippen molar-refractivity contribution in [1.29, 1.82) is 0 Å². The van der Waals surface area contributed by atoms with Crippen molar-refractivity contribution >= 4 is 17.3 Å². The third-order valence-electron chi connectivity index (χ3n) is 3.92. The smallest absolute Gasteiger partial charge is 0.293 e. The first-order valence-electron chi connectivity index (χ1n) is 8.22. The van der Waals surface area contributed by atoms with Gasteiger partial charge in [0.25, 0.3) is 11.6 Å². The molecule has 1 unspecified atom stereocenters. The highest BCUT2D eigenvalue weighted by Gasteiger charge is 2.23. The quantitative estimate of drug-likeness (QED) is 0.517. The second-order valence-corrected chi connectivity index (χ2v) is 6.65. The van der Waals surface area contributed by atoms with Crippen LogP contribution < -0.4 is 16.4 Å². The Hall–Kier alpha value is -3.00. The Balaban J connectivity index is 2.26. The lowest BCUT2D eigenvalue weighted by Gasteiger charge is -2.24. The molecule has 0 saturated carbocycles. The summed E-state index contributed by atoms with van der Waals surface area (Å²) in [4.78, 5) is 27.5. The second-order valence-electron chi connectivity index (χ2n) is 6.65. The number of aromatic nitrogens is 1. The molecule has 0 bridgehead atoms. The molecule has 138 valence electrons. The molecule has 8 nitrogen and oxygen atoms in total. The van der Waals surface area contributed by atoms with E-state index in [9.17, 15) is 14.9 Å². The van der Waals surface area contributed by atoms with Crippen LogP contribution in [0.5, 0.6) is 0 Å². The number of carbonyl (C=O) groups excluding carboxylic acids is 1. The lowest BCUT2D eigenvalue weighted by Crippen LogP contribution is -2.48. The van der Waals surface area contributed by atoms with Crippen molar-refractivity contribution in [3.63, 3.8) is 0 Å². The maximum Gasteiger partial charge on any atom is 0.293 e. The first-order valence-corrected chi connectivity index (χ1v) is 8.22. The van der Waals surface area contributed by atoms with E-state index in [2.05, 4.69) is 15.6 Å². The number of nitrogens with one attached hydrogen (secondary N) is 2. The second kappa shape index (κ2) is 7.92. The van der Waals surface area contributed by atoms with E-state index in [1.54, 1.807) is 32.2 Å². The topological polar surface area (TPSA) is 123 Å². The number of amides is 1. The van der Waals surface area contributed by atoms with Crippen molar-refractivity contribution in [3.8, 4) is 0 Å². The summed E-state index contributed by atoms with van der Waals surface area (Å²) < 4.78 is 0. The van der Waals surface area contributed by atoms with Crippen LogP contribution in [0.25, 0.3) is 0 Å². The third-order valence-corrected chi connectivity index (χ3v) is 3.92. The van der Waals surface area contributed by atoms with Gasteiger partial charge in [-0.05, 0) is 45.0 Å². The monoisotopic (exact) mass is 357 g/mol. The Kier molecular flexibility index (Phi) is 5.89. The third kappa shape index (κ3) is 4.76. The number of nitrogens with zero attached hydrogens (tertiary/aromatic N) is 2. The zero-order chi connectivity index (χ0) is 19.3. The molecule has 1 aromatic heterocycles. The number of nitro benzene ring substituents is 1. The minimum Gasteiger partial charge on any atom is -0.371 e. The predicted octanol–water partition coefficient (Wildman–Crippen LogP) is 2.63. The lowest BCUT2D eigenvalue weighted by atomic mass is 10.0. The van der Waals surface area contributed by atoms with E-state index >= 15 is 0 Å². The van der Waals surface area contributed by atoms with E-state index in [1.165, 1.54) is 12.1 Å². The van der Waals surface area contributed by atoms with Gasteiger partial charge in [-0.2, -0.15) is 0 Å². The molecule has 1 amide bonds. The molecule has 1 heterocycles. The highest BCUT2D eigenvalue weighted by atomic mass is 16.6. The average molecular weight is 357 g/mol. The van der Waals surface area contributed by atoms with E-state index in [0.717, 1.165) is 5.69 Å². The zero-order valence-electron chi connectivity index (χ0n) is 15.0. The van der Waals surface area contributed by atoms with Crippen LogP contribution in [0.4, 0.5) is 11.4 Å². The lowest BCUT2D eigenvalue weighted by molar-refractivity contribution is -0.384. The number of nitrogens with two attached hydrogens (primary N) is 1. The fourth-order valence-corrected chi connectivity index (χ4v) is 2.32. The molecule has 26 heavy (non-hydrogen) atoms. The van der Waals surface area contributed by atoms with Gasteiger partial charge in [-0.15, -0.1) is 0 Å². The largest absolute Gasteiger partial charge is 0.371 e. The van der Waals surface area contributed by atoms with E-state index < -0.39 is 16.4 Å². The summed E-state index contributed by atoms with van der Waals surface area (Å²) in [5.74, 6) is -0.409. The maximum absolute atomic E-state index is 12.3. The minimum absolute atomic E-state index is 0.175. The van der Waals surface area contributed by atoms with Crippen LogP contribution in [0, 0.1) is 10.1 Å². The molecule has 1 aromatic carbocycles. The molecule has 2 aromatic rings. The molecule has 0 aliphatic rings. The van der Waals surface area contributed by atoms with Gasteiger partial charge in [0.2, 0.25) is 0 Å². The molecule has 1 atom stereocenters. The van der Waals surface area contributed by atoms with Crippen molar-refractivity contribution in [1.82, 2.24) is 10.3 Å². The average Bonchev–Trinajstić information content (AvgIpc) is 2.62. The van der Waals surface area contributed by atoms with Gasteiger partial charge in [-0.25, -0.2) is 0 Å². The Morgan fingerprint density at radius 1 is 1.35 bits per heavy atom. The standard InChI is InChI=1S/C18H23N5O3/c1-12(14-6-4-5-9-20-14)21-15-8-7-13(10-16(15)23(25)26)17(24)22-18(2,3)11-19/h4-10,12,21H,11,19H2,1-3H3,(H,22,24). The van der Waals surface area contributed by atoms with Crippen LogP contribution in [0.1, 0.15) is 42.9 Å². The summed E-state index contributed by atoms with van der Waals surface area (Å²) in [6, 6.07) is 9.59. The Labute approximate surface area is 152 Å². The molecule has 2 rings (SSSR count). The number of pyridine rings is 1. The molecule has 0 saturated heterocycles. The van der Waals surface area contributed by atoms with Gasteiger partial charge in [-0.1, -0.05) is 6.07 Å². The number of nitro groups is 1. The van der Waals surface area contributed by atoms with Crippen LogP contribution in [-0.2, 0) is 0 Å². The molecule has 0 spiro atoms. The Morgan fingerprint density at radius 3 is 2.65 bits per heavy atom. The number of rotatable bonds is 7. The van der Waals surface area contributed by atoms with E-state index in [1.807, 2.05) is 19.1 Å². The molecule has 0 aliphatic heterocycles. The van der Waals surface area contributed by atoms with Crippen molar-refractivity contribution in [2.75, 3.05) is 11.9 Å². The van der Waals surface area contributed by atoms with Crippen molar-refractivity contribution in [2.24, 2.45) is 5.73 Å². The number of hydrogen-bond donors (Lipinski definition) is 3. The summed E-state index contributed by atoms with van der Waals surface area (Å²) in [6.07, 6.45) is 1.66. The molecule has 0 radical (unpaired) electrons. The highest BCUT2D eigenvalue weighted by Crippen LogP contribution is 2.29. The van der Waals surface area contributed by atoms with E-state index in [4.69, 9.17) is 5.73 Å². The van der Waals surface area contributed by atoms with Gasteiger partial charge in [0, 0.05) is 29.9 Å². The maximum atomic E-state index is 12.3. The van der Waals surface area contributed by atoms with Gasteiger partial charge in [0.05, 0.1) is 16.7 Å². The van der Waals surface area contributed by atoms with Crippen LogP contribution in [0.2, 0.25) is 0 Å². The molecular weight excluding hydrogens is 334 g/mol. The summed E-state index contributed by atoms with van der Waals surface area (Å²) in [6.45, 7) is 5.67. The molecular formula is C18H23N5O3. The summed E-state index contributed by atoms with van der Waals surface area (Å²) in [5, 5.41) is 17.3. The summed E-state index contributed by atoms with van der Waals surface area (Å²) >= 11 is 0. The van der Waals surface area contributed by atoms with Crippen molar-refractivity contribution in [3.05, 3.63) is 64.0 Å². The molecule has 8 heteroatoms. The molecule has 0 fully saturated rings. The van der Waals surface area contributed by atoms with Crippen molar-refractivity contribution in [2.45, 2.75) is 32.4 Å². The minimum atomic E-state index is -0.601. The zero-order valence-corrected chi connectivity index (χ0v) is 15.0. The van der Waals surface area contributed by atoms with Gasteiger partial charge in [0.15, 0.2) is 0 Å². The number of anilines is 1. The first-order chi connectivity index (χ1) is 12.2. The summed E-state index contributed by atoms with van der Waals surface area (Å²) in [7, 11) is 0. The SMILES string of the molecule is CC(Nc1ccc(C(=O)NC(C)(C)CN)cc1[N+](=O)[O-])c1ccccn1. The van der Waals surface area contributed by atoms with Gasteiger partial charge in [-0.3, -0.25) is 19.9 Å². The van der Waals surface area contributed by atoms with Gasteiger partial charge >= 0.3 is 0 Å². The fraction of sp³-hybridized carbons (Fsp3) is 0.333. The fourth-order valence-electron chi connectivity index (χ4n) is 2.32. The number of hydrogen-bond acceptors (Lipinski definition) is 6. The Morgan fingerprint density at radius 2 is 2.08 bits per heavy atom. The number of benzene rings is 1. The van der Waals surface area contributed by atoms with E-state index in [-0.39, 0.29) is 23.8 Å². The molecule has 4 N–H and O–H groups in total. The van der Waals surface area contributed by atoms with Gasteiger partial charge < -0.3 is 16.4 Å². The first kappa shape index (κ1) is 19.3. The van der Waals surface area contributed by atoms with Gasteiger partial charge in [0.1, 0.15) is 5.69 Å². The van der Waals surface area contributed by atoms with E-state index in [0.29, 0.717) is 5.69 Å². The summed E-state index contributed by atoms with van der Waals surface area (Å²) in [5.41, 5.74) is 6.11.